The van der Waals surface area contributed by atoms with Crippen LogP contribution in [0.2, 0.25) is 5.28 Å². The van der Waals surface area contributed by atoms with Crippen LogP contribution in [0.1, 0.15) is 12.6 Å². The Bertz CT molecular complexity index is 618. The van der Waals surface area contributed by atoms with Crippen molar-refractivity contribution in [3.05, 3.63) is 11.6 Å². The lowest BCUT2D eigenvalue weighted by Gasteiger charge is -2.14. The summed E-state index contributed by atoms with van der Waals surface area (Å²) in [6.07, 6.45) is 0.0186. The van der Waals surface area contributed by atoms with Crippen LogP contribution < -0.4 is 5.73 Å². The molecule has 8 nitrogen and oxygen atoms in total. The van der Waals surface area contributed by atoms with Gasteiger partial charge in [-0.2, -0.15) is 9.97 Å². The standard InChI is InChI=1S/C10H12ClN5O3/c11-10-14-8(12)7-9(15-10)13-3-16(7)6-1-4(18)5(2-17)19-6/h3-6,17-18H,1-2H2,(H2,12,14,15). The summed E-state index contributed by atoms with van der Waals surface area (Å²) in [5.74, 6) is 0.193. The molecule has 3 atom stereocenters. The summed E-state index contributed by atoms with van der Waals surface area (Å²) >= 11 is 5.71. The number of hydrogen-bond donors (Lipinski definition) is 3. The number of hydrogen-bond acceptors (Lipinski definition) is 7. The molecule has 2 aromatic rings. The molecule has 0 aromatic carbocycles. The third kappa shape index (κ3) is 2.02. The number of rotatable bonds is 2. The van der Waals surface area contributed by atoms with Crippen molar-refractivity contribution in [3.63, 3.8) is 0 Å². The number of nitrogen functional groups attached to an aromatic ring is 1. The van der Waals surface area contributed by atoms with Gasteiger partial charge in [-0.1, -0.05) is 0 Å². The number of imidazole rings is 1. The van der Waals surface area contributed by atoms with Crippen LogP contribution in [0.15, 0.2) is 6.33 Å². The number of anilines is 1. The number of aliphatic hydroxyl groups excluding tert-OH is 2. The summed E-state index contributed by atoms with van der Waals surface area (Å²) in [6.45, 7) is -0.248. The van der Waals surface area contributed by atoms with Gasteiger partial charge in [0.05, 0.1) is 19.0 Å². The molecule has 9 heteroatoms. The maximum atomic E-state index is 9.74. The van der Waals surface area contributed by atoms with Gasteiger partial charge in [0, 0.05) is 6.42 Å². The van der Waals surface area contributed by atoms with Crippen LogP contribution in [0.4, 0.5) is 5.82 Å². The monoisotopic (exact) mass is 285 g/mol. The molecular weight excluding hydrogens is 274 g/mol. The highest BCUT2D eigenvalue weighted by Gasteiger charge is 2.35. The number of aromatic nitrogens is 4. The van der Waals surface area contributed by atoms with E-state index in [2.05, 4.69) is 15.0 Å². The summed E-state index contributed by atoms with van der Waals surface area (Å²) in [5, 5.41) is 18.8. The second-order valence-electron chi connectivity index (χ2n) is 4.32. The highest BCUT2D eigenvalue weighted by molar-refractivity contribution is 6.28. The van der Waals surface area contributed by atoms with E-state index in [0.29, 0.717) is 17.6 Å². The maximum Gasteiger partial charge on any atom is 0.226 e. The smallest absolute Gasteiger partial charge is 0.226 e. The van der Waals surface area contributed by atoms with Gasteiger partial charge in [0.25, 0.3) is 0 Å². The Morgan fingerprint density at radius 2 is 2.32 bits per heavy atom. The van der Waals surface area contributed by atoms with E-state index < -0.39 is 18.4 Å². The molecular formula is C10H12ClN5O3. The second-order valence-corrected chi connectivity index (χ2v) is 4.65. The van der Waals surface area contributed by atoms with Crippen LogP contribution in [0.5, 0.6) is 0 Å². The number of nitrogens with zero attached hydrogens (tertiary/aromatic N) is 4. The maximum absolute atomic E-state index is 9.74. The second kappa shape index (κ2) is 4.57. The van der Waals surface area contributed by atoms with Crippen molar-refractivity contribution in [1.82, 2.24) is 19.5 Å². The predicted molar refractivity (Wildman–Crippen MR) is 66.4 cm³/mol. The lowest BCUT2D eigenvalue weighted by molar-refractivity contribution is -0.0430. The van der Waals surface area contributed by atoms with Crippen molar-refractivity contribution in [2.45, 2.75) is 24.9 Å². The Labute approximate surface area is 112 Å². The number of aliphatic hydroxyl groups is 2. The van der Waals surface area contributed by atoms with Crippen LogP contribution in [-0.4, -0.2) is 48.5 Å². The van der Waals surface area contributed by atoms with Crippen LogP contribution in [0.3, 0.4) is 0 Å². The van der Waals surface area contributed by atoms with Gasteiger partial charge in [0.2, 0.25) is 5.28 Å². The van der Waals surface area contributed by atoms with Gasteiger partial charge in [-0.15, -0.1) is 0 Å². The summed E-state index contributed by atoms with van der Waals surface area (Å²) < 4.78 is 7.18. The first kappa shape index (κ1) is 12.5. The van der Waals surface area contributed by atoms with E-state index in [-0.39, 0.29) is 17.7 Å². The van der Waals surface area contributed by atoms with Gasteiger partial charge in [0.15, 0.2) is 11.5 Å². The molecule has 0 saturated carbocycles. The third-order valence-corrected chi connectivity index (χ3v) is 3.29. The Balaban J connectivity index is 2.03. The topological polar surface area (TPSA) is 119 Å². The highest BCUT2D eigenvalue weighted by Crippen LogP contribution is 2.32. The zero-order valence-corrected chi connectivity index (χ0v) is 10.5. The average Bonchev–Trinajstić information content (AvgIpc) is 2.92. The van der Waals surface area contributed by atoms with E-state index in [4.69, 9.17) is 27.2 Å². The minimum Gasteiger partial charge on any atom is -0.394 e. The van der Waals surface area contributed by atoms with E-state index in [9.17, 15) is 5.11 Å². The molecule has 3 unspecified atom stereocenters. The van der Waals surface area contributed by atoms with Gasteiger partial charge < -0.3 is 20.7 Å². The lowest BCUT2D eigenvalue weighted by Crippen LogP contribution is -2.24. The van der Waals surface area contributed by atoms with Crippen LogP contribution in [0.25, 0.3) is 11.2 Å². The fourth-order valence-corrected chi connectivity index (χ4v) is 2.38. The van der Waals surface area contributed by atoms with Crippen molar-refractivity contribution in [3.8, 4) is 0 Å². The zero-order valence-electron chi connectivity index (χ0n) is 9.77. The van der Waals surface area contributed by atoms with E-state index in [0.717, 1.165) is 0 Å². The Morgan fingerprint density at radius 1 is 1.53 bits per heavy atom. The van der Waals surface area contributed by atoms with Crippen molar-refractivity contribution in [2.24, 2.45) is 0 Å². The van der Waals surface area contributed by atoms with E-state index in [1.807, 2.05) is 0 Å². The van der Waals surface area contributed by atoms with Gasteiger partial charge in [-0.05, 0) is 11.6 Å². The number of halogens is 1. The number of fused-ring (bicyclic) bond motifs is 1. The molecule has 0 aliphatic carbocycles. The summed E-state index contributed by atoms with van der Waals surface area (Å²) in [7, 11) is 0. The van der Waals surface area contributed by atoms with Crippen LogP contribution >= 0.6 is 11.6 Å². The van der Waals surface area contributed by atoms with Crippen molar-refractivity contribution in [2.75, 3.05) is 12.3 Å². The molecule has 1 saturated heterocycles. The molecule has 19 heavy (non-hydrogen) atoms. The van der Waals surface area contributed by atoms with Crippen LogP contribution in [0, 0.1) is 0 Å². The molecule has 1 aliphatic rings. The first-order chi connectivity index (χ1) is 9.10. The minimum absolute atomic E-state index is 0.0239. The third-order valence-electron chi connectivity index (χ3n) is 3.12. The van der Waals surface area contributed by atoms with Gasteiger partial charge >= 0.3 is 0 Å². The molecule has 0 spiro atoms. The summed E-state index contributed by atoms with van der Waals surface area (Å²) in [5.41, 5.74) is 6.67. The van der Waals surface area contributed by atoms with Crippen molar-refractivity contribution >= 4 is 28.6 Å². The molecule has 3 heterocycles. The normalized spacial score (nSPS) is 27.2. The zero-order chi connectivity index (χ0) is 13.6. The summed E-state index contributed by atoms with van der Waals surface area (Å²) in [4.78, 5) is 11.9. The Kier molecular flexibility index (Phi) is 3.02. The van der Waals surface area contributed by atoms with Gasteiger partial charge in [-0.25, -0.2) is 4.98 Å². The molecule has 102 valence electrons. The quantitative estimate of drug-likeness (QED) is 0.648. The minimum atomic E-state index is -0.734. The number of nitrogens with two attached hydrogens (primary N) is 1. The van der Waals surface area contributed by atoms with Crippen LogP contribution in [-0.2, 0) is 4.74 Å². The fraction of sp³-hybridized carbons (Fsp3) is 0.500. The predicted octanol–water partition coefficient (Wildman–Crippen LogP) is -0.297. The highest BCUT2D eigenvalue weighted by atomic mass is 35.5. The first-order valence-electron chi connectivity index (χ1n) is 5.70. The SMILES string of the molecule is Nc1nc(Cl)nc2ncn(C3CC(O)C(CO)O3)c12. The van der Waals surface area contributed by atoms with Crippen molar-refractivity contribution in [1.29, 1.82) is 0 Å². The molecule has 0 amide bonds. The van der Waals surface area contributed by atoms with Crippen molar-refractivity contribution < 1.29 is 14.9 Å². The molecule has 2 aromatic heterocycles. The Hall–Kier alpha value is -1.48. The molecule has 0 bridgehead atoms. The molecule has 1 aliphatic heterocycles. The lowest BCUT2D eigenvalue weighted by atomic mass is 10.2. The van der Waals surface area contributed by atoms with Gasteiger partial charge in [-0.3, -0.25) is 4.57 Å². The van der Waals surface area contributed by atoms with E-state index in [1.54, 1.807) is 4.57 Å². The summed E-state index contributed by atoms with van der Waals surface area (Å²) in [6, 6.07) is 0. The molecule has 3 rings (SSSR count). The van der Waals surface area contributed by atoms with E-state index >= 15 is 0 Å². The molecule has 0 radical (unpaired) electrons. The number of ether oxygens (including phenoxy) is 1. The van der Waals surface area contributed by atoms with E-state index in [1.165, 1.54) is 6.33 Å². The largest absolute Gasteiger partial charge is 0.394 e. The molecule has 1 fully saturated rings. The Morgan fingerprint density at radius 3 is 3.00 bits per heavy atom. The average molecular weight is 286 g/mol. The fourth-order valence-electron chi connectivity index (χ4n) is 2.21. The first-order valence-corrected chi connectivity index (χ1v) is 6.08. The van der Waals surface area contributed by atoms with Gasteiger partial charge in [0.1, 0.15) is 17.8 Å². The molecule has 4 N–H and O–H groups in total.